The van der Waals surface area contributed by atoms with Gasteiger partial charge in [-0.3, -0.25) is 0 Å². The van der Waals surface area contributed by atoms with E-state index in [-0.39, 0.29) is 0 Å². The van der Waals surface area contributed by atoms with Crippen molar-refractivity contribution in [3.8, 4) is 29.4 Å². The summed E-state index contributed by atoms with van der Waals surface area (Å²) in [7, 11) is 0. The molecule has 2 aromatic rings. The molecule has 110 valence electrons. The summed E-state index contributed by atoms with van der Waals surface area (Å²) in [6.45, 7) is 0.457. The second-order valence-electron chi connectivity index (χ2n) is 4.20. The number of rotatable bonds is 5. The van der Waals surface area contributed by atoms with Crippen molar-refractivity contribution in [1.82, 2.24) is 0 Å². The standard InChI is InChI=1S/C16H10BrClN2O2/c17-3-4-21-16-8-13(18)1-2-15(16)22-14-6-11(9-19)5-12(7-14)10-20/h1-2,5-8H,3-4H2. The van der Waals surface area contributed by atoms with Crippen molar-refractivity contribution in [2.75, 3.05) is 11.9 Å². The Labute approximate surface area is 141 Å². The zero-order valence-electron chi connectivity index (χ0n) is 11.3. The highest BCUT2D eigenvalue weighted by Crippen LogP contribution is 2.34. The van der Waals surface area contributed by atoms with Crippen LogP contribution >= 0.6 is 27.5 Å². The molecule has 0 amide bonds. The Balaban J connectivity index is 2.35. The smallest absolute Gasteiger partial charge is 0.169 e. The maximum atomic E-state index is 8.99. The molecule has 4 nitrogen and oxygen atoms in total. The van der Waals surface area contributed by atoms with Crippen LogP contribution in [0, 0.1) is 22.7 Å². The van der Waals surface area contributed by atoms with Crippen molar-refractivity contribution in [3.63, 3.8) is 0 Å². The molecule has 0 heterocycles. The number of alkyl halides is 1. The predicted molar refractivity (Wildman–Crippen MR) is 86.7 cm³/mol. The van der Waals surface area contributed by atoms with Gasteiger partial charge in [-0.2, -0.15) is 10.5 Å². The van der Waals surface area contributed by atoms with Gasteiger partial charge < -0.3 is 9.47 Å². The van der Waals surface area contributed by atoms with Gasteiger partial charge in [0.05, 0.1) is 29.9 Å². The first-order valence-electron chi connectivity index (χ1n) is 6.27. The molecular formula is C16H10BrClN2O2. The summed E-state index contributed by atoms with van der Waals surface area (Å²) in [6, 6.07) is 13.6. The van der Waals surface area contributed by atoms with Crippen molar-refractivity contribution in [2.24, 2.45) is 0 Å². The lowest BCUT2D eigenvalue weighted by molar-refractivity contribution is 0.325. The van der Waals surface area contributed by atoms with Crippen molar-refractivity contribution >= 4 is 27.5 Å². The summed E-state index contributed by atoms with van der Waals surface area (Å²) in [6.07, 6.45) is 0. The molecular weight excluding hydrogens is 368 g/mol. The summed E-state index contributed by atoms with van der Waals surface area (Å²) in [5, 5.41) is 19.2. The molecule has 0 saturated heterocycles. The maximum absolute atomic E-state index is 8.99. The van der Waals surface area contributed by atoms with Crippen LogP contribution in [0.2, 0.25) is 5.02 Å². The first kappa shape index (κ1) is 16.2. The normalized spacial score (nSPS) is 9.64. The predicted octanol–water partition coefficient (Wildman–Crippen LogP) is 4.65. The Bertz CT molecular complexity index is 733. The van der Waals surface area contributed by atoms with E-state index in [1.165, 1.54) is 6.07 Å². The number of nitriles is 2. The first-order valence-corrected chi connectivity index (χ1v) is 7.77. The third-order valence-corrected chi connectivity index (χ3v) is 3.19. The molecule has 0 N–H and O–H groups in total. The molecule has 0 radical (unpaired) electrons. The molecule has 0 spiro atoms. The van der Waals surface area contributed by atoms with Gasteiger partial charge >= 0.3 is 0 Å². The maximum Gasteiger partial charge on any atom is 0.169 e. The van der Waals surface area contributed by atoms with Crippen LogP contribution in [0.3, 0.4) is 0 Å². The van der Waals surface area contributed by atoms with Gasteiger partial charge in [0.15, 0.2) is 11.5 Å². The Morgan fingerprint density at radius 3 is 2.27 bits per heavy atom. The average Bonchev–Trinajstić information content (AvgIpc) is 2.54. The summed E-state index contributed by atoms with van der Waals surface area (Å²) in [4.78, 5) is 0. The molecule has 2 aromatic carbocycles. The van der Waals surface area contributed by atoms with Gasteiger partial charge in [0, 0.05) is 16.4 Å². The van der Waals surface area contributed by atoms with E-state index in [4.69, 9.17) is 31.6 Å². The monoisotopic (exact) mass is 376 g/mol. The van der Waals surface area contributed by atoms with Gasteiger partial charge in [0.2, 0.25) is 0 Å². The molecule has 2 rings (SSSR count). The van der Waals surface area contributed by atoms with Crippen LogP contribution in [0.15, 0.2) is 36.4 Å². The zero-order valence-corrected chi connectivity index (χ0v) is 13.7. The molecule has 0 fully saturated rings. The summed E-state index contributed by atoms with van der Waals surface area (Å²) < 4.78 is 11.3. The number of halogens is 2. The van der Waals surface area contributed by atoms with Crippen LogP contribution in [0.4, 0.5) is 0 Å². The van der Waals surface area contributed by atoms with Crippen molar-refractivity contribution < 1.29 is 9.47 Å². The average molecular weight is 378 g/mol. The molecule has 0 unspecified atom stereocenters. The van der Waals surface area contributed by atoms with Gasteiger partial charge in [0.1, 0.15) is 5.75 Å². The minimum absolute atomic E-state index is 0.353. The lowest BCUT2D eigenvalue weighted by atomic mass is 10.1. The molecule has 0 aliphatic rings. The summed E-state index contributed by atoms with van der Waals surface area (Å²) in [5.74, 6) is 1.35. The fraction of sp³-hybridized carbons (Fsp3) is 0.125. The van der Waals surface area contributed by atoms with E-state index >= 15 is 0 Å². The molecule has 0 aliphatic carbocycles. The highest BCUT2D eigenvalue weighted by molar-refractivity contribution is 9.09. The van der Waals surface area contributed by atoms with Gasteiger partial charge in [-0.15, -0.1) is 0 Å². The SMILES string of the molecule is N#Cc1cc(C#N)cc(Oc2ccc(Cl)cc2OCCBr)c1. The van der Waals surface area contributed by atoms with Crippen molar-refractivity contribution in [3.05, 3.63) is 52.5 Å². The number of hydrogen-bond donors (Lipinski definition) is 0. The minimum atomic E-state index is 0.353. The lowest BCUT2D eigenvalue weighted by Gasteiger charge is -2.12. The summed E-state index contributed by atoms with van der Waals surface area (Å²) in [5.41, 5.74) is 0.705. The van der Waals surface area contributed by atoms with E-state index in [9.17, 15) is 0 Å². The highest BCUT2D eigenvalue weighted by atomic mass is 79.9. The second kappa shape index (κ2) is 7.70. The van der Waals surface area contributed by atoms with Gasteiger partial charge in [-0.05, 0) is 30.3 Å². The van der Waals surface area contributed by atoms with Crippen LogP contribution in [0.1, 0.15) is 11.1 Å². The van der Waals surface area contributed by atoms with Crippen LogP contribution in [-0.4, -0.2) is 11.9 Å². The van der Waals surface area contributed by atoms with E-state index in [0.717, 1.165) is 0 Å². The van der Waals surface area contributed by atoms with Crippen molar-refractivity contribution in [2.45, 2.75) is 0 Å². The Morgan fingerprint density at radius 1 is 1.00 bits per heavy atom. The van der Waals surface area contributed by atoms with Crippen LogP contribution in [-0.2, 0) is 0 Å². The van der Waals surface area contributed by atoms with Crippen molar-refractivity contribution in [1.29, 1.82) is 10.5 Å². The highest BCUT2D eigenvalue weighted by Gasteiger charge is 2.09. The number of ether oxygens (including phenoxy) is 2. The number of nitrogens with zero attached hydrogens (tertiary/aromatic N) is 2. The third-order valence-electron chi connectivity index (χ3n) is 2.63. The van der Waals surface area contributed by atoms with Gasteiger partial charge in [0.25, 0.3) is 0 Å². The fourth-order valence-electron chi connectivity index (χ4n) is 1.74. The van der Waals surface area contributed by atoms with Crippen LogP contribution in [0.5, 0.6) is 17.2 Å². The molecule has 22 heavy (non-hydrogen) atoms. The van der Waals surface area contributed by atoms with Gasteiger partial charge in [-0.25, -0.2) is 0 Å². The molecule has 0 atom stereocenters. The Kier molecular flexibility index (Phi) is 5.66. The molecule has 0 saturated carbocycles. The topological polar surface area (TPSA) is 66.0 Å². The Morgan fingerprint density at radius 2 is 1.68 bits per heavy atom. The lowest BCUT2D eigenvalue weighted by Crippen LogP contribution is -1.99. The zero-order chi connectivity index (χ0) is 15.9. The van der Waals surface area contributed by atoms with Gasteiger partial charge in [-0.1, -0.05) is 27.5 Å². The van der Waals surface area contributed by atoms with E-state index in [2.05, 4.69) is 15.9 Å². The molecule has 0 aromatic heterocycles. The van der Waals surface area contributed by atoms with E-state index in [1.807, 2.05) is 12.1 Å². The second-order valence-corrected chi connectivity index (χ2v) is 5.43. The minimum Gasteiger partial charge on any atom is -0.489 e. The third kappa shape index (κ3) is 4.14. The van der Waals surface area contributed by atoms with E-state index < -0.39 is 0 Å². The number of benzene rings is 2. The molecule has 0 aliphatic heterocycles. The molecule has 6 heteroatoms. The quantitative estimate of drug-likeness (QED) is 0.711. The Hall–Kier alpha value is -2.21. The first-order chi connectivity index (χ1) is 10.7. The van der Waals surface area contributed by atoms with E-state index in [1.54, 1.807) is 30.3 Å². The fourth-order valence-corrected chi connectivity index (χ4v) is 2.07. The van der Waals surface area contributed by atoms with Crippen LogP contribution in [0.25, 0.3) is 0 Å². The largest absolute Gasteiger partial charge is 0.489 e. The number of hydrogen-bond acceptors (Lipinski definition) is 4. The molecule has 0 bridgehead atoms. The summed E-state index contributed by atoms with van der Waals surface area (Å²) >= 11 is 9.24. The van der Waals surface area contributed by atoms with Crippen LogP contribution < -0.4 is 9.47 Å². The van der Waals surface area contributed by atoms with E-state index in [0.29, 0.717) is 45.3 Å².